The number of ether oxygens (including phenoxy) is 2. The summed E-state index contributed by atoms with van der Waals surface area (Å²) in [6, 6.07) is 14.9. The average molecular weight is 417 g/mol. The summed E-state index contributed by atoms with van der Waals surface area (Å²) in [4.78, 5) is 12.8. The Kier molecular flexibility index (Phi) is 4.66. The van der Waals surface area contributed by atoms with Crippen LogP contribution in [0.4, 0.5) is 5.88 Å². The fraction of sp³-hybridized carbons (Fsp3) is 0.174. The third-order valence-corrected chi connectivity index (χ3v) is 4.96. The van der Waals surface area contributed by atoms with E-state index in [0.29, 0.717) is 29.4 Å². The third-order valence-electron chi connectivity index (χ3n) is 4.96. The molecule has 0 atom stereocenters. The summed E-state index contributed by atoms with van der Waals surface area (Å²) < 4.78 is 22.0. The first-order valence-electron chi connectivity index (χ1n) is 9.86. The van der Waals surface area contributed by atoms with Crippen LogP contribution < -0.4 is 14.8 Å². The van der Waals surface area contributed by atoms with Gasteiger partial charge in [0.2, 0.25) is 5.88 Å². The second kappa shape index (κ2) is 7.64. The van der Waals surface area contributed by atoms with Gasteiger partial charge in [-0.05, 0) is 50.2 Å². The Morgan fingerprint density at radius 3 is 2.74 bits per heavy atom. The molecule has 2 aromatic heterocycles. The van der Waals surface area contributed by atoms with Gasteiger partial charge < -0.3 is 18.5 Å². The van der Waals surface area contributed by atoms with Crippen LogP contribution in [0.25, 0.3) is 22.6 Å². The number of aromatic nitrogens is 2. The second-order valence-electron chi connectivity index (χ2n) is 7.12. The van der Waals surface area contributed by atoms with Crippen molar-refractivity contribution in [2.45, 2.75) is 20.5 Å². The highest BCUT2D eigenvalue weighted by atomic mass is 16.5. The third kappa shape index (κ3) is 3.52. The molecule has 3 heterocycles. The lowest BCUT2D eigenvalue weighted by molar-refractivity contribution is 0.101. The number of anilines is 1. The Morgan fingerprint density at radius 2 is 1.94 bits per heavy atom. The Labute approximate surface area is 177 Å². The molecule has 1 amide bonds. The number of rotatable bonds is 5. The van der Waals surface area contributed by atoms with Gasteiger partial charge in [-0.2, -0.15) is 0 Å². The van der Waals surface area contributed by atoms with E-state index in [2.05, 4.69) is 15.6 Å². The molecule has 0 bridgehead atoms. The summed E-state index contributed by atoms with van der Waals surface area (Å²) in [5, 5.41) is 10.7. The van der Waals surface area contributed by atoms with Crippen LogP contribution in [0, 0.1) is 6.92 Å². The van der Waals surface area contributed by atoms with E-state index in [-0.39, 0.29) is 18.2 Å². The van der Waals surface area contributed by atoms with Crippen molar-refractivity contribution < 1.29 is 23.3 Å². The highest BCUT2D eigenvalue weighted by Gasteiger charge is 2.29. The van der Waals surface area contributed by atoms with E-state index in [1.807, 2.05) is 56.3 Å². The Hall–Kier alpha value is -4.07. The SMILES string of the molecule is CCOc1ccc(-c2cc(NC(=O)c3noc4c3COc3ccc(C)cc3-4)on2)cc1. The maximum Gasteiger partial charge on any atom is 0.280 e. The van der Waals surface area contributed by atoms with Crippen LogP contribution in [0.5, 0.6) is 11.5 Å². The van der Waals surface area contributed by atoms with Crippen molar-refractivity contribution >= 4 is 11.8 Å². The van der Waals surface area contributed by atoms with Gasteiger partial charge in [-0.1, -0.05) is 21.9 Å². The number of amides is 1. The zero-order chi connectivity index (χ0) is 21.4. The zero-order valence-corrected chi connectivity index (χ0v) is 17.0. The van der Waals surface area contributed by atoms with Crippen molar-refractivity contribution in [1.82, 2.24) is 10.3 Å². The van der Waals surface area contributed by atoms with Crippen LogP contribution in [0.15, 0.2) is 57.6 Å². The Morgan fingerprint density at radius 1 is 1.10 bits per heavy atom. The maximum absolute atomic E-state index is 12.8. The van der Waals surface area contributed by atoms with Crippen molar-refractivity contribution in [3.8, 4) is 34.1 Å². The molecule has 8 nitrogen and oxygen atoms in total. The van der Waals surface area contributed by atoms with Crippen molar-refractivity contribution in [3.05, 3.63) is 65.4 Å². The van der Waals surface area contributed by atoms with E-state index in [1.54, 1.807) is 6.07 Å². The molecule has 0 saturated heterocycles. The number of benzene rings is 2. The minimum Gasteiger partial charge on any atom is -0.494 e. The largest absolute Gasteiger partial charge is 0.494 e. The summed E-state index contributed by atoms with van der Waals surface area (Å²) in [5.41, 5.74) is 4.02. The average Bonchev–Trinajstić information content (AvgIpc) is 3.42. The van der Waals surface area contributed by atoms with Gasteiger partial charge in [-0.15, -0.1) is 0 Å². The van der Waals surface area contributed by atoms with E-state index in [4.69, 9.17) is 18.5 Å². The first-order chi connectivity index (χ1) is 15.1. The molecule has 31 heavy (non-hydrogen) atoms. The Balaban J connectivity index is 1.35. The lowest BCUT2D eigenvalue weighted by atomic mass is 10.0. The maximum atomic E-state index is 12.8. The number of carbonyl (C=O) groups excluding carboxylic acids is 1. The predicted molar refractivity (Wildman–Crippen MR) is 112 cm³/mol. The summed E-state index contributed by atoms with van der Waals surface area (Å²) in [6.07, 6.45) is 0. The summed E-state index contributed by atoms with van der Waals surface area (Å²) >= 11 is 0. The molecule has 1 aliphatic rings. The molecule has 0 radical (unpaired) electrons. The van der Waals surface area contributed by atoms with Crippen molar-refractivity contribution in [2.24, 2.45) is 0 Å². The topological polar surface area (TPSA) is 99.6 Å². The van der Waals surface area contributed by atoms with Crippen molar-refractivity contribution in [3.63, 3.8) is 0 Å². The van der Waals surface area contributed by atoms with Crippen LogP contribution in [-0.4, -0.2) is 22.8 Å². The fourth-order valence-corrected chi connectivity index (χ4v) is 3.46. The summed E-state index contributed by atoms with van der Waals surface area (Å²) in [5.74, 6) is 1.77. The van der Waals surface area contributed by atoms with Gasteiger partial charge in [0.15, 0.2) is 11.5 Å². The van der Waals surface area contributed by atoms with Gasteiger partial charge in [0.05, 0.1) is 17.7 Å². The van der Waals surface area contributed by atoms with Gasteiger partial charge in [0.1, 0.15) is 23.8 Å². The number of nitrogens with one attached hydrogen (secondary N) is 1. The lowest BCUT2D eigenvalue weighted by Gasteiger charge is -2.16. The molecular formula is C23H19N3O5. The van der Waals surface area contributed by atoms with E-state index < -0.39 is 5.91 Å². The van der Waals surface area contributed by atoms with Crippen LogP contribution in [0.1, 0.15) is 28.5 Å². The van der Waals surface area contributed by atoms with Crippen LogP contribution in [-0.2, 0) is 6.61 Å². The molecule has 156 valence electrons. The molecule has 1 aliphatic heterocycles. The van der Waals surface area contributed by atoms with Crippen LogP contribution >= 0.6 is 0 Å². The minimum atomic E-state index is -0.459. The summed E-state index contributed by atoms with van der Waals surface area (Å²) in [6.45, 7) is 4.70. The number of carbonyl (C=O) groups is 1. The molecule has 0 aliphatic carbocycles. The van der Waals surface area contributed by atoms with Gasteiger partial charge in [-0.25, -0.2) is 0 Å². The first kappa shape index (κ1) is 18.9. The standard InChI is InChI=1S/C23H19N3O5/c1-3-28-15-7-5-14(6-8-15)18-11-20(30-25-18)24-23(27)21-17-12-29-19-9-4-13(2)10-16(19)22(17)31-26-21/h4-11H,3,12H2,1-2H3,(H,24,27). The van der Waals surface area contributed by atoms with Gasteiger partial charge in [-0.3, -0.25) is 10.1 Å². The van der Waals surface area contributed by atoms with Crippen LogP contribution in [0.2, 0.25) is 0 Å². The van der Waals surface area contributed by atoms with E-state index in [0.717, 1.165) is 22.4 Å². The predicted octanol–water partition coefficient (Wildman–Crippen LogP) is 4.85. The van der Waals surface area contributed by atoms with Crippen molar-refractivity contribution in [2.75, 3.05) is 11.9 Å². The summed E-state index contributed by atoms with van der Waals surface area (Å²) in [7, 11) is 0. The quantitative estimate of drug-likeness (QED) is 0.495. The number of hydrogen-bond donors (Lipinski definition) is 1. The smallest absolute Gasteiger partial charge is 0.280 e. The van der Waals surface area contributed by atoms with Gasteiger partial charge >= 0.3 is 0 Å². The minimum absolute atomic E-state index is 0.154. The molecule has 0 saturated carbocycles. The van der Waals surface area contributed by atoms with Gasteiger partial charge in [0, 0.05) is 11.6 Å². The van der Waals surface area contributed by atoms with E-state index in [1.165, 1.54) is 0 Å². The Bertz CT molecular complexity index is 1260. The number of nitrogens with zero attached hydrogens (tertiary/aromatic N) is 2. The highest BCUT2D eigenvalue weighted by Crippen LogP contribution is 2.39. The number of hydrogen-bond acceptors (Lipinski definition) is 7. The molecule has 5 rings (SSSR count). The van der Waals surface area contributed by atoms with Crippen molar-refractivity contribution in [1.29, 1.82) is 0 Å². The molecule has 0 unspecified atom stereocenters. The number of aryl methyl sites for hydroxylation is 1. The number of fused-ring (bicyclic) bond motifs is 3. The first-order valence-corrected chi connectivity index (χ1v) is 9.86. The molecule has 4 aromatic rings. The van der Waals surface area contributed by atoms with Crippen LogP contribution in [0.3, 0.4) is 0 Å². The molecule has 1 N–H and O–H groups in total. The normalized spacial score (nSPS) is 11.9. The second-order valence-corrected chi connectivity index (χ2v) is 7.12. The van der Waals surface area contributed by atoms with E-state index >= 15 is 0 Å². The fourth-order valence-electron chi connectivity index (χ4n) is 3.46. The monoisotopic (exact) mass is 417 g/mol. The lowest BCUT2D eigenvalue weighted by Crippen LogP contribution is -2.16. The zero-order valence-electron chi connectivity index (χ0n) is 17.0. The molecule has 0 spiro atoms. The molecular weight excluding hydrogens is 398 g/mol. The highest BCUT2D eigenvalue weighted by molar-refractivity contribution is 6.04. The molecule has 2 aromatic carbocycles. The van der Waals surface area contributed by atoms with Gasteiger partial charge in [0.25, 0.3) is 5.91 Å². The molecule has 8 heteroatoms. The van der Waals surface area contributed by atoms with E-state index in [9.17, 15) is 4.79 Å². The molecule has 0 fully saturated rings.